The summed E-state index contributed by atoms with van der Waals surface area (Å²) in [6.45, 7) is 3.24. The molecule has 0 aliphatic heterocycles. The molecule has 0 bridgehead atoms. The molecule has 1 aromatic heterocycles. The summed E-state index contributed by atoms with van der Waals surface area (Å²) in [7, 11) is 0. The van der Waals surface area contributed by atoms with Crippen LogP contribution in [0.15, 0.2) is 30.3 Å². The van der Waals surface area contributed by atoms with Crippen molar-refractivity contribution in [2.75, 3.05) is 13.2 Å². The molecule has 2 aromatic carbocycles. The number of nitrogens with one attached hydrogen (secondary N) is 1. The highest BCUT2D eigenvalue weighted by Crippen LogP contribution is 2.33. The predicted molar refractivity (Wildman–Crippen MR) is 114 cm³/mol. The number of phenols is 1. The van der Waals surface area contributed by atoms with E-state index < -0.39 is 6.10 Å². The molecule has 0 aliphatic rings. The van der Waals surface area contributed by atoms with E-state index in [9.17, 15) is 15.0 Å². The van der Waals surface area contributed by atoms with E-state index in [0.717, 1.165) is 6.42 Å². The van der Waals surface area contributed by atoms with E-state index in [-0.39, 0.29) is 30.3 Å². The molecule has 1 unspecified atom stereocenters. The highest BCUT2D eigenvalue weighted by molar-refractivity contribution is 6.32. The number of aliphatic hydroxyl groups excluding tert-OH is 1. The van der Waals surface area contributed by atoms with Gasteiger partial charge in [-0.3, -0.25) is 4.79 Å². The topological polar surface area (TPSA) is 130 Å². The lowest BCUT2D eigenvalue weighted by molar-refractivity contribution is 0.0622. The highest BCUT2D eigenvalue weighted by atomic mass is 35.5. The van der Waals surface area contributed by atoms with Crippen LogP contribution in [0.1, 0.15) is 36.2 Å². The molecule has 0 saturated carbocycles. The average molecular weight is 447 g/mol. The summed E-state index contributed by atoms with van der Waals surface area (Å²) in [5.74, 6) is 0.992. The van der Waals surface area contributed by atoms with Crippen LogP contribution < -0.4 is 9.47 Å². The Hall–Kier alpha value is -3.17. The summed E-state index contributed by atoms with van der Waals surface area (Å²) >= 11 is 6.24. The first kappa shape index (κ1) is 22.5. The number of aromatic hydroxyl groups is 1. The molecule has 0 fully saturated rings. The van der Waals surface area contributed by atoms with Crippen LogP contribution in [0.4, 0.5) is 0 Å². The lowest BCUT2D eigenvalue weighted by Crippen LogP contribution is -2.25. The van der Waals surface area contributed by atoms with E-state index in [0.29, 0.717) is 39.9 Å². The van der Waals surface area contributed by atoms with Gasteiger partial charge in [0.25, 0.3) is 0 Å². The molecule has 3 rings (SSSR count). The molecule has 31 heavy (non-hydrogen) atoms. The second-order valence-corrected chi connectivity index (χ2v) is 7.32. The number of aromatic nitrogens is 4. The van der Waals surface area contributed by atoms with E-state index in [4.69, 9.17) is 21.1 Å². The first-order chi connectivity index (χ1) is 14.9. The molecule has 0 amide bonds. The van der Waals surface area contributed by atoms with Gasteiger partial charge in [0.05, 0.1) is 10.6 Å². The van der Waals surface area contributed by atoms with Crippen molar-refractivity contribution in [1.82, 2.24) is 20.6 Å². The van der Waals surface area contributed by atoms with Gasteiger partial charge in [-0.25, -0.2) is 5.10 Å². The number of phenolic OH excluding ortho intramolecular Hbond substituents is 1. The van der Waals surface area contributed by atoms with Gasteiger partial charge in [-0.1, -0.05) is 24.9 Å². The van der Waals surface area contributed by atoms with E-state index in [1.165, 1.54) is 13.0 Å². The third kappa shape index (κ3) is 5.50. The number of aliphatic hydroxyl groups is 1. The largest absolute Gasteiger partial charge is 0.507 e. The molecular weight excluding hydrogens is 424 g/mol. The number of benzene rings is 2. The van der Waals surface area contributed by atoms with Crippen LogP contribution >= 0.6 is 11.6 Å². The number of carbonyl (C=O) groups is 1. The smallest absolute Gasteiger partial charge is 0.179 e. The molecule has 0 spiro atoms. The van der Waals surface area contributed by atoms with Gasteiger partial charge in [-0.05, 0) is 54.1 Å². The number of H-pyrrole nitrogens is 1. The summed E-state index contributed by atoms with van der Waals surface area (Å²) in [5.41, 5.74) is 1.49. The molecule has 3 aromatic rings. The van der Waals surface area contributed by atoms with Crippen LogP contribution in [-0.2, 0) is 6.42 Å². The Kier molecular flexibility index (Phi) is 7.43. The number of halogens is 1. The van der Waals surface area contributed by atoms with E-state index in [1.807, 2.05) is 6.92 Å². The van der Waals surface area contributed by atoms with Crippen LogP contribution in [0.5, 0.6) is 17.2 Å². The Labute approximate surface area is 184 Å². The van der Waals surface area contributed by atoms with Crippen molar-refractivity contribution < 1.29 is 24.5 Å². The van der Waals surface area contributed by atoms with Crippen molar-refractivity contribution in [3.63, 3.8) is 0 Å². The number of ketones is 1. The monoisotopic (exact) mass is 446 g/mol. The minimum Gasteiger partial charge on any atom is -0.507 e. The number of hydrogen-bond acceptors (Lipinski definition) is 8. The molecule has 0 radical (unpaired) electrons. The summed E-state index contributed by atoms with van der Waals surface area (Å²) in [4.78, 5) is 11.7. The number of rotatable bonds is 10. The van der Waals surface area contributed by atoms with E-state index >= 15 is 0 Å². The molecule has 1 heterocycles. The van der Waals surface area contributed by atoms with Crippen molar-refractivity contribution in [2.45, 2.75) is 32.8 Å². The summed E-state index contributed by atoms with van der Waals surface area (Å²) in [5, 5.41) is 34.5. The first-order valence-corrected chi connectivity index (χ1v) is 10.1. The SMILES string of the molecule is CCCc1c(OCC(O)COc2ccc(-c3nnn[nH]3)cc2Cl)ccc(C(C)=O)c1O. The van der Waals surface area contributed by atoms with Gasteiger partial charge in [0, 0.05) is 11.1 Å². The second-order valence-electron chi connectivity index (χ2n) is 6.92. The fourth-order valence-electron chi connectivity index (χ4n) is 3.00. The Morgan fingerprint density at radius 2 is 1.90 bits per heavy atom. The van der Waals surface area contributed by atoms with Gasteiger partial charge in [0.2, 0.25) is 0 Å². The Morgan fingerprint density at radius 3 is 2.52 bits per heavy atom. The van der Waals surface area contributed by atoms with Gasteiger partial charge in [0.15, 0.2) is 11.6 Å². The van der Waals surface area contributed by atoms with Gasteiger partial charge in [-0.15, -0.1) is 5.10 Å². The zero-order valence-corrected chi connectivity index (χ0v) is 17.9. The lowest BCUT2D eigenvalue weighted by atomic mass is 10.0. The zero-order valence-electron chi connectivity index (χ0n) is 17.1. The van der Waals surface area contributed by atoms with E-state index in [2.05, 4.69) is 20.6 Å². The predicted octanol–water partition coefficient (Wildman–Crippen LogP) is 3.20. The van der Waals surface area contributed by atoms with Gasteiger partial charge in [0.1, 0.15) is 36.6 Å². The van der Waals surface area contributed by atoms with E-state index in [1.54, 1.807) is 24.3 Å². The Balaban J connectivity index is 1.60. The Morgan fingerprint density at radius 1 is 1.19 bits per heavy atom. The van der Waals surface area contributed by atoms with Crippen LogP contribution in [0, 0.1) is 0 Å². The maximum absolute atomic E-state index is 11.7. The highest BCUT2D eigenvalue weighted by Gasteiger charge is 2.17. The number of Topliss-reactive ketones (excluding diaryl/α,β-unsaturated/α-hetero) is 1. The molecule has 3 N–H and O–H groups in total. The number of hydrogen-bond donors (Lipinski definition) is 3. The third-order valence-corrected chi connectivity index (χ3v) is 4.83. The Bertz CT molecular complexity index is 1040. The number of ether oxygens (including phenoxy) is 2. The molecule has 0 saturated heterocycles. The first-order valence-electron chi connectivity index (χ1n) is 9.73. The quantitative estimate of drug-likeness (QED) is 0.405. The van der Waals surface area contributed by atoms with Gasteiger partial charge >= 0.3 is 0 Å². The summed E-state index contributed by atoms with van der Waals surface area (Å²) in [6, 6.07) is 8.19. The third-order valence-electron chi connectivity index (χ3n) is 4.53. The van der Waals surface area contributed by atoms with Crippen LogP contribution in [0.25, 0.3) is 11.4 Å². The normalized spacial score (nSPS) is 11.9. The minimum atomic E-state index is -0.946. The maximum Gasteiger partial charge on any atom is 0.179 e. The van der Waals surface area contributed by atoms with Crippen LogP contribution in [0.2, 0.25) is 5.02 Å². The second kappa shape index (κ2) is 10.2. The molecule has 0 aliphatic carbocycles. The van der Waals surface area contributed by atoms with Crippen molar-refractivity contribution in [3.8, 4) is 28.6 Å². The number of nitrogens with zero attached hydrogens (tertiary/aromatic N) is 3. The summed E-state index contributed by atoms with van der Waals surface area (Å²) < 4.78 is 11.3. The summed E-state index contributed by atoms with van der Waals surface area (Å²) in [6.07, 6.45) is 0.353. The van der Waals surface area contributed by atoms with Gasteiger partial charge < -0.3 is 19.7 Å². The average Bonchev–Trinajstić information content (AvgIpc) is 3.28. The molecule has 9 nitrogen and oxygen atoms in total. The van der Waals surface area contributed by atoms with Crippen molar-refractivity contribution in [1.29, 1.82) is 0 Å². The molecule has 10 heteroatoms. The zero-order chi connectivity index (χ0) is 22.4. The van der Waals surface area contributed by atoms with Crippen molar-refractivity contribution in [2.24, 2.45) is 0 Å². The number of carbonyl (C=O) groups excluding carboxylic acids is 1. The van der Waals surface area contributed by atoms with Crippen molar-refractivity contribution in [3.05, 3.63) is 46.5 Å². The van der Waals surface area contributed by atoms with Gasteiger partial charge in [-0.2, -0.15) is 0 Å². The minimum absolute atomic E-state index is 0.0520. The molecular formula is C21H23ClN4O5. The molecule has 164 valence electrons. The van der Waals surface area contributed by atoms with Crippen LogP contribution in [-0.4, -0.2) is 55.9 Å². The maximum atomic E-state index is 11.7. The van der Waals surface area contributed by atoms with Crippen LogP contribution in [0.3, 0.4) is 0 Å². The standard InChI is InChI=1S/C21H23ClN4O5/c1-3-4-16-18(8-6-15(12(2)27)20(16)29)30-10-14(28)11-31-19-7-5-13(9-17(19)22)21-23-25-26-24-21/h5-9,14,28-29H,3-4,10-11H2,1-2H3,(H,23,24,25,26). The lowest BCUT2D eigenvalue weighted by Gasteiger charge is -2.17. The fourth-order valence-corrected chi connectivity index (χ4v) is 3.23. The fraction of sp³-hybridized carbons (Fsp3) is 0.333. The number of tetrazole rings is 1. The van der Waals surface area contributed by atoms with Crippen molar-refractivity contribution >= 4 is 17.4 Å². The number of aromatic amines is 1. The molecule has 1 atom stereocenters.